The standard InChI is InChI=1S/C10H15N5O/c1-7-2-3-9(14-13-7)15-4-5-16-8(6-15)10(11)12/h2-3,8H,4-6H2,1H3,(H3,11,12). The normalized spacial score (nSPS) is 20.8. The average Bonchev–Trinajstić information content (AvgIpc) is 2.30. The van der Waals surface area contributed by atoms with E-state index in [9.17, 15) is 0 Å². The predicted molar refractivity (Wildman–Crippen MR) is 60.6 cm³/mol. The van der Waals surface area contributed by atoms with Gasteiger partial charge in [-0.15, -0.1) is 5.10 Å². The van der Waals surface area contributed by atoms with E-state index < -0.39 is 0 Å². The van der Waals surface area contributed by atoms with Gasteiger partial charge in [0.25, 0.3) is 0 Å². The van der Waals surface area contributed by atoms with Crippen molar-refractivity contribution in [1.82, 2.24) is 10.2 Å². The van der Waals surface area contributed by atoms with E-state index in [1.165, 1.54) is 0 Å². The van der Waals surface area contributed by atoms with Crippen LogP contribution in [0.5, 0.6) is 0 Å². The smallest absolute Gasteiger partial charge is 0.151 e. The molecule has 0 bridgehead atoms. The maximum absolute atomic E-state index is 7.37. The number of nitrogens with two attached hydrogens (primary N) is 1. The van der Waals surface area contributed by atoms with Crippen LogP contribution in [-0.2, 0) is 4.74 Å². The Kier molecular flexibility index (Phi) is 3.00. The molecule has 1 aliphatic heterocycles. The average molecular weight is 221 g/mol. The molecule has 6 nitrogen and oxygen atoms in total. The van der Waals surface area contributed by atoms with Gasteiger partial charge in [0, 0.05) is 6.54 Å². The number of rotatable bonds is 2. The van der Waals surface area contributed by atoms with Crippen molar-refractivity contribution in [2.24, 2.45) is 5.73 Å². The number of ether oxygens (including phenoxy) is 1. The lowest BCUT2D eigenvalue weighted by molar-refractivity contribution is 0.0822. The zero-order valence-electron chi connectivity index (χ0n) is 9.18. The Hall–Kier alpha value is -1.69. The van der Waals surface area contributed by atoms with Crippen LogP contribution in [-0.4, -0.2) is 41.8 Å². The molecule has 1 aliphatic rings. The first-order chi connectivity index (χ1) is 7.66. The number of nitrogens with one attached hydrogen (secondary N) is 1. The Morgan fingerprint density at radius 1 is 1.56 bits per heavy atom. The minimum absolute atomic E-state index is 0.0600. The van der Waals surface area contributed by atoms with Crippen LogP contribution in [0.3, 0.4) is 0 Å². The van der Waals surface area contributed by atoms with E-state index >= 15 is 0 Å². The van der Waals surface area contributed by atoms with Crippen LogP contribution in [0.1, 0.15) is 5.69 Å². The van der Waals surface area contributed by atoms with Gasteiger partial charge in [0.05, 0.1) is 18.8 Å². The van der Waals surface area contributed by atoms with Gasteiger partial charge >= 0.3 is 0 Å². The third kappa shape index (κ3) is 2.27. The fourth-order valence-corrected chi connectivity index (χ4v) is 1.61. The highest BCUT2D eigenvalue weighted by Crippen LogP contribution is 2.14. The molecule has 0 saturated carbocycles. The molecule has 0 aliphatic carbocycles. The number of nitrogens with zero attached hydrogens (tertiary/aromatic N) is 3. The third-order valence-electron chi connectivity index (χ3n) is 2.52. The largest absolute Gasteiger partial charge is 0.385 e. The second kappa shape index (κ2) is 4.44. The summed E-state index contributed by atoms with van der Waals surface area (Å²) in [5.74, 6) is 0.866. The number of anilines is 1. The topological polar surface area (TPSA) is 88.1 Å². The molecule has 16 heavy (non-hydrogen) atoms. The van der Waals surface area contributed by atoms with Gasteiger partial charge in [-0.2, -0.15) is 5.10 Å². The summed E-state index contributed by atoms with van der Waals surface area (Å²) in [6.45, 7) is 3.77. The van der Waals surface area contributed by atoms with Crippen LogP contribution in [0.2, 0.25) is 0 Å². The first-order valence-corrected chi connectivity index (χ1v) is 5.17. The summed E-state index contributed by atoms with van der Waals surface area (Å²) in [5.41, 5.74) is 6.32. The Balaban J connectivity index is 2.09. The molecule has 0 amide bonds. The number of morpholine rings is 1. The molecule has 1 unspecified atom stereocenters. The second-order valence-electron chi connectivity index (χ2n) is 3.79. The molecular weight excluding hydrogens is 206 g/mol. The summed E-state index contributed by atoms with van der Waals surface area (Å²) in [6, 6.07) is 3.84. The molecule has 3 N–H and O–H groups in total. The van der Waals surface area contributed by atoms with Crippen molar-refractivity contribution in [3.05, 3.63) is 17.8 Å². The molecule has 0 aromatic carbocycles. The van der Waals surface area contributed by atoms with Crippen molar-refractivity contribution >= 4 is 11.7 Å². The lowest BCUT2D eigenvalue weighted by atomic mass is 10.2. The lowest BCUT2D eigenvalue weighted by Gasteiger charge is -2.32. The Morgan fingerprint density at radius 2 is 2.38 bits per heavy atom. The molecule has 0 radical (unpaired) electrons. The molecule has 1 aromatic heterocycles. The lowest BCUT2D eigenvalue weighted by Crippen LogP contribution is -2.48. The van der Waals surface area contributed by atoms with Crippen LogP contribution in [0.15, 0.2) is 12.1 Å². The highest BCUT2D eigenvalue weighted by Gasteiger charge is 2.23. The molecule has 1 aromatic rings. The Labute approximate surface area is 93.9 Å². The van der Waals surface area contributed by atoms with E-state index in [-0.39, 0.29) is 11.9 Å². The highest BCUT2D eigenvalue weighted by molar-refractivity contribution is 5.82. The quantitative estimate of drug-likeness (QED) is 0.539. The van der Waals surface area contributed by atoms with Crippen LogP contribution in [0, 0.1) is 12.3 Å². The third-order valence-corrected chi connectivity index (χ3v) is 2.52. The van der Waals surface area contributed by atoms with E-state index in [1.807, 2.05) is 24.0 Å². The fraction of sp³-hybridized carbons (Fsp3) is 0.500. The van der Waals surface area contributed by atoms with Gasteiger partial charge in [0.1, 0.15) is 11.9 Å². The minimum Gasteiger partial charge on any atom is -0.385 e. The molecular formula is C10H15N5O. The first kappa shape index (κ1) is 10.8. The van der Waals surface area contributed by atoms with Gasteiger partial charge in [-0.3, -0.25) is 5.41 Å². The van der Waals surface area contributed by atoms with E-state index in [4.69, 9.17) is 15.9 Å². The van der Waals surface area contributed by atoms with Crippen molar-refractivity contribution in [1.29, 1.82) is 5.41 Å². The SMILES string of the molecule is Cc1ccc(N2CCOC(C(=N)N)C2)nn1. The minimum atomic E-state index is -0.336. The van der Waals surface area contributed by atoms with Gasteiger partial charge in [-0.1, -0.05) is 0 Å². The summed E-state index contributed by atoms with van der Waals surface area (Å²) in [7, 11) is 0. The zero-order valence-corrected chi connectivity index (χ0v) is 9.18. The molecule has 1 fully saturated rings. The van der Waals surface area contributed by atoms with Crippen LogP contribution in [0.4, 0.5) is 5.82 Å². The molecule has 2 rings (SSSR count). The molecule has 1 saturated heterocycles. The summed E-state index contributed by atoms with van der Waals surface area (Å²) in [5, 5.41) is 15.5. The van der Waals surface area contributed by atoms with Gasteiger partial charge in [-0.05, 0) is 19.1 Å². The Morgan fingerprint density at radius 3 is 3.00 bits per heavy atom. The molecule has 6 heteroatoms. The number of aryl methyl sites for hydroxylation is 1. The van der Waals surface area contributed by atoms with Gasteiger partial charge in [0.2, 0.25) is 0 Å². The summed E-state index contributed by atoms with van der Waals surface area (Å²) in [4.78, 5) is 2.03. The number of amidine groups is 1. The molecule has 0 spiro atoms. The van der Waals surface area contributed by atoms with Crippen molar-refractivity contribution < 1.29 is 4.74 Å². The molecule has 86 valence electrons. The van der Waals surface area contributed by atoms with Crippen molar-refractivity contribution in [3.8, 4) is 0 Å². The van der Waals surface area contributed by atoms with Crippen LogP contribution < -0.4 is 10.6 Å². The second-order valence-corrected chi connectivity index (χ2v) is 3.79. The van der Waals surface area contributed by atoms with Crippen molar-refractivity contribution in [2.75, 3.05) is 24.6 Å². The monoisotopic (exact) mass is 221 g/mol. The predicted octanol–water partition coefficient (Wildman–Crippen LogP) is -0.0738. The van der Waals surface area contributed by atoms with E-state index in [1.54, 1.807) is 0 Å². The van der Waals surface area contributed by atoms with E-state index in [0.29, 0.717) is 13.2 Å². The highest BCUT2D eigenvalue weighted by atomic mass is 16.5. The maximum atomic E-state index is 7.37. The Bertz CT molecular complexity index is 377. The molecule has 2 heterocycles. The van der Waals surface area contributed by atoms with Gasteiger partial charge < -0.3 is 15.4 Å². The molecule has 1 atom stereocenters. The number of hydrogen-bond donors (Lipinski definition) is 2. The summed E-state index contributed by atoms with van der Waals surface area (Å²) >= 11 is 0. The number of hydrogen-bond acceptors (Lipinski definition) is 5. The first-order valence-electron chi connectivity index (χ1n) is 5.17. The van der Waals surface area contributed by atoms with Crippen molar-refractivity contribution in [2.45, 2.75) is 13.0 Å². The van der Waals surface area contributed by atoms with Gasteiger partial charge in [0.15, 0.2) is 5.82 Å². The van der Waals surface area contributed by atoms with E-state index in [0.717, 1.165) is 18.1 Å². The van der Waals surface area contributed by atoms with E-state index in [2.05, 4.69) is 10.2 Å². The zero-order chi connectivity index (χ0) is 11.5. The summed E-state index contributed by atoms with van der Waals surface area (Å²) < 4.78 is 5.38. The van der Waals surface area contributed by atoms with Crippen LogP contribution >= 0.6 is 0 Å². The fourth-order valence-electron chi connectivity index (χ4n) is 1.61. The summed E-state index contributed by atoms with van der Waals surface area (Å²) in [6.07, 6.45) is -0.336. The van der Waals surface area contributed by atoms with Crippen LogP contribution in [0.25, 0.3) is 0 Å². The van der Waals surface area contributed by atoms with Gasteiger partial charge in [-0.25, -0.2) is 0 Å². The number of aromatic nitrogens is 2. The maximum Gasteiger partial charge on any atom is 0.151 e. The van der Waals surface area contributed by atoms with Crippen molar-refractivity contribution in [3.63, 3.8) is 0 Å².